The normalized spacial score (nSPS) is 23.6. The molecule has 6 nitrogen and oxygen atoms in total. The molecule has 2 aromatic rings. The van der Waals surface area contributed by atoms with Crippen molar-refractivity contribution >= 4 is 34.0 Å². The summed E-state index contributed by atoms with van der Waals surface area (Å²) in [6.45, 7) is 0. The number of nitro groups is 1. The van der Waals surface area contributed by atoms with Crippen LogP contribution in [0.15, 0.2) is 36.4 Å². The molecule has 1 aliphatic heterocycles. The molecule has 2 fully saturated rings. The van der Waals surface area contributed by atoms with Gasteiger partial charge in [0, 0.05) is 11.5 Å². The van der Waals surface area contributed by atoms with Crippen molar-refractivity contribution in [3.63, 3.8) is 0 Å². The lowest BCUT2D eigenvalue weighted by Crippen LogP contribution is -2.31. The van der Waals surface area contributed by atoms with Gasteiger partial charge < -0.3 is 0 Å². The van der Waals surface area contributed by atoms with Crippen LogP contribution in [0.25, 0.3) is 10.8 Å². The van der Waals surface area contributed by atoms with Crippen molar-refractivity contribution in [1.82, 2.24) is 0 Å². The highest BCUT2D eigenvalue weighted by molar-refractivity contribution is 6.25. The van der Waals surface area contributed by atoms with Crippen molar-refractivity contribution < 1.29 is 14.5 Å². The van der Waals surface area contributed by atoms with Gasteiger partial charge in [0.25, 0.3) is 5.69 Å². The number of nitrogens with zero attached hydrogens (tertiary/aromatic N) is 2. The maximum Gasteiger partial charge on any atom is 0.277 e. The predicted octanol–water partition coefficient (Wildman–Crippen LogP) is 3.43. The zero-order valence-corrected chi connectivity index (χ0v) is 13.0. The smallest absolute Gasteiger partial charge is 0.274 e. The van der Waals surface area contributed by atoms with Crippen LogP contribution in [0.4, 0.5) is 11.4 Å². The number of rotatable bonds is 2. The summed E-state index contributed by atoms with van der Waals surface area (Å²) in [6, 6.07) is 9.74. The molecule has 1 saturated heterocycles. The van der Waals surface area contributed by atoms with Crippen molar-refractivity contribution in [2.45, 2.75) is 25.7 Å². The third-order valence-electron chi connectivity index (χ3n) is 5.16. The second-order valence-electron chi connectivity index (χ2n) is 6.42. The Morgan fingerprint density at radius 1 is 0.917 bits per heavy atom. The number of non-ortho nitro benzene ring substituents is 1. The minimum Gasteiger partial charge on any atom is -0.274 e. The number of hydrogen-bond acceptors (Lipinski definition) is 4. The number of anilines is 1. The second kappa shape index (κ2) is 5.40. The number of benzene rings is 2. The van der Waals surface area contributed by atoms with Crippen LogP contribution in [0.3, 0.4) is 0 Å². The number of carbonyl (C=O) groups is 2. The number of hydrogen-bond donors (Lipinski definition) is 0. The van der Waals surface area contributed by atoms with Gasteiger partial charge >= 0.3 is 0 Å². The van der Waals surface area contributed by atoms with Gasteiger partial charge in [-0.1, -0.05) is 31.0 Å². The van der Waals surface area contributed by atoms with E-state index in [0.717, 1.165) is 25.7 Å². The monoisotopic (exact) mass is 324 g/mol. The number of carbonyl (C=O) groups excluding carboxylic acids is 2. The molecule has 0 radical (unpaired) electrons. The van der Waals surface area contributed by atoms with Crippen LogP contribution in [0, 0.1) is 22.0 Å². The molecule has 24 heavy (non-hydrogen) atoms. The standard InChI is InChI=1S/C18H16N2O4/c21-17-13-7-3-4-8-14(13)18(22)19(17)15-9-10-16(20(23)24)12-6-2-1-5-11(12)15/h1-2,5-6,9-10,13-14H,3-4,7-8H2. The Kier molecular flexibility index (Phi) is 3.33. The van der Waals surface area contributed by atoms with Gasteiger partial charge in [-0.3, -0.25) is 19.7 Å². The molecule has 2 amide bonds. The fourth-order valence-electron chi connectivity index (χ4n) is 4.02. The number of nitro benzene ring substituents is 1. The van der Waals surface area contributed by atoms with E-state index in [-0.39, 0.29) is 29.3 Å². The van der Waals surface area contributed by atoms with Crippen molar-refractivity contribution in [2.24, 2.45) is 11.8 Å². The molecule has 1 saturated carbocycles. The first-order chi connectivity index (χ1) is 11.6. The van der Waals surface area contributed by atoms with Crippen LogP contribution < -0.4 is 4.90 Å². The van der Waals surface area contributed by atoms with Gasteiger partial charge in [0.15, 0.2) is 0 Å². The minimum atomic E-state index is -0.445. The largest absolute Gasteiger partial charge is 0.277 e. The molecule has 2 unspecified atom stereocenters. The van der Waals surface area contributed by atoms with Crippen LogP contribution in [-0.4, -0.2) is 16.7 Å². The molecule has 1 aliphatic carbocycles. The number of amides is 2. The zero-order valence-electron chi connectivity index (χ0n) is 13.0. The maximum absolute atomic E-state index is 12.8. The summed E-state index contributed by atoms with van der Waals surface area (Å²) in [5, 5.41) is 12.2. The summed E-state index contributed by atoms with van der Waals surface area (Å²) in [7, 11) is 0. The van der Waals surface area contributed by atoms with E-state index in [1.807, 2.05) is 0 Å². The van der Waals surface area contributed by atoms with Gasteiger partial charge in [-0.15, -0.1) is 0 Å². The van der Waals surface area contributed by atoms with Crippen LogP contribution in [0.2, 0.25) is 0 Å². The summed E-state index contributed by atoms with van der Waals surface area (Å²) in [5.74, 6) is -0.798. The number of imide groups is 1. The molecule has 0 bridgehead atoms. The summed E-state index contributed by atoms with van der Waals surface area (Å²) < 4.78 is 0. The number of fused-ring (bicyclic) bond motifs is 2. The molecule has 4 rings (SSSR count). The van der Waals surface area contributed by atoms with E-state index in [2.05, 4.69) is 0 Å². The molecule has 0 aromatic heterocycles. The van der Waals surface area contributed by atoms with E-state index >= 15 is 0 Å². The third kappa shape index (κ3) is 2.02. The van der Waals surface area contributed by atoms with Crippen molar-refractivity contribution in [1.29, 1.82) is 0 Å². The van der Waals surface area contributed by atoms with Crippen molar-refractivity contribution in [3.05, 3.63) is 46.5 Å². The topological polar surface area (TPSA) is 80.5 Å². The average molecular weight is 324 g/mol. The molecular formula is C18H16N2O4. The van der Waals surface area contributed by atoms with E-state index < -0.39 is 4.92 Å². The highest BCUT2D eigenvalue weighted by Gasteiger charge is 2.49. The fraction of sp³-hybridized carbons (Fsp3) is 0.333. The maximum atomic E-state index is 12.8. The summed E-state index contributed by atoms with van der Waals surface area (Å²) >= 11 is 0. The van der Waals surface area contributed by atoms with E-state index in [1.54, 1.807) is 24.3 Å². The predicted molar refractivity (Wildman–Crippen MR) is 88.5 cm³/mol. The van der Waals surface area contributed by atoms with E-state index in [9.17, 15) is 19.7 Å². The summed E-state index contributed by atoms with van der Waals surface area (Å²) in [5.41, 5.74) is 0.437. The highest BCUT2D eigenvalue weighted by Crippen LogP contribution is 2.42. The third-order valence-corrected chi connectivity index (χ3v) is 5.16. The fourth-order valence-corrected chi connectivity index (χ4v) is 4.02. The van der Waals surface area contributed by atoms with Gasteiger partial charge in [-0.2, -0.15) is 0 Å². The Balaban J connectivity index is 1.88. The Morgan fingerprint density at radius 2 is 1.50 bits per heavy atom. The minimum absolute atomic E-state index is 0.0224. The Hall–Kier alpha value is -2.76. The lowest BCUT2D eigenvalue weighted by atomic mass is 9.81. The van der Waals surface area contributed by atoms with Crippen LogP contribution in [0.1, 0.15) is 25.7 Å². The highest BCUT2D eigenvalue weighted by atomic mass is 16.6. The summed E-state index contributed by atoms with van der Waals surface area (Å²) in [6.07, 6.45) is 3.43. The van der Waals surface area contributed by atoms with Gasteiger partial charge in [-0.25, -0.2) is 4.90 Å². The molecular weight excluding hydrogens is 308 g/mol. The van der Waals surface area contributed by atoms with E-state index in [1.165, 1.54) is 17.0 Å². The first-order valence-electron chi connectivity index (χ1n) is 8.13. The zero-order chi connectivity index (χ0) is 16.8. The summed E-state index contributed by atoms with van der Waals surface area (Å²) in [4.78, 5) is 37.6. The Labute approximate surface area is 138 Å². The Morgan fingerprint density at radius 3 is 2.08 bits per heavy atom. The second-order valence-corrected chi connectivity index (χ2v) is 6.42. The van der Waals surface area contributed by atoms with E-state index in [0.29, 0.717) is 16.5 Å². The SMILES string of the molecule is O=C1C2CCCCC2C(=O)N1c1ccc([N+](=O)[O-])c2ccccc12. The van der Waals surface area contributed by atoms with Crippen LogP contribution in [-0.2, 0) is 9.59 Å². The molecule has 6 heteroatoms. The molecule has 2 aliphatic rings. The quantitative estimate of drug-likeness (QED) is 0.481. The van der Waals surface area contributed by atoms with Crippen molar-refractivity contribution in [2.75, 3.05) is 4.90 Å². The molecule has 2 atom stereocenters. The molecule has 1 heterocycles. The Bertz CT molecular complexity index is 852. The molecule has 2 aromatic carbocycles. The van der Waals surface area contributed by atoms with Gasteiger partial charge in [0.2, 0.25) is 11.8 Å². The average Bonchev–Trinajstić information content (AvgIpc) is 2.85. The van der Waals surface area contributed by atoms with Gasteiger partial charge in [0.1, 0.15) is 0 Å². The first kappa shape index (κ1) is 14.8. The van der Waals surface area contributed by atoms with E-state index in [4.69, 9.17) is 0 Å². The van der Waals surface area contributed by atoms with Crippen LogP contribution in [0.5, 0.6) is 0 Å². The lowest BCUT2D eigenvalue weighted by Gasteiger charge is -2.19. The van der Waals surface area contributed by atoms with Gasteiger partial charge in [-0.05, 0) is 25.0 Å². The lowest BCUT2D eigenvalue weighted by molar-refractivity contribution is -0.383. The molecule has 0 N–H and O–H groups in total. The van der Waals surface area contributed by atoms with Gasteiger partial charge in [0.05, 0.1) is 27.8 Å². The van der Waals surface area contributed by atoms with Crippen LogP contribution >= 0.6 is 0 Å². The molecule has 0 spiro atoms. The molecule has 122 valence electrons. The van der Waals surface area contributed by atoms with Crippen molar-refractivity contribution in [3.8, 4) is 0 Å². The first-order valence-corrected chi connectivity index (χ1v) is 8.13.